The van der Waals surface area contributed by atoms with Gasteiger partial charge < -0.3 is 10.1 Å². The second-order valence-electron chi connectivity index (χ2n) is 3.87. The molecule has 0 spiro atoms. The molecule has 3 amide bonds. The number of carbonyl (C=O) groups excluding carboxylic acids is 3. The average molecular weight is 303 g/mol. The zero-order valence-electron chi connectivity index (χ0n) is 10.0. The fourth-order valence-electron chi connectivity index (χ4n) is 1.59. The van der Waals surface area contributed by atoms with Crippen LogP contribution >= 0.6 is 22.9 Å². The van der Waals surface area contributed by atoms with Crippen LogP contribution in [0.1, 0.15) is 16.6 Å². The largest absolute Gasteiger partial charge is 0.448 e. The van der Waals surface area contributed by atoms with Gasteiger partial charge in [-0.15, -0.1) is 11.3 Å². The minimum atomic E-state index is -1.02. The molecular weight excluding hydrogens is 292 g/mol. The number of nitrogens with zero attached hydrogens (tertiary/aromatic N) is 1. The maximum Gasteiger partial charge on any atom is 0.349 e. The van der Waals surface area contributed by atoms with Crippen LogP contribution in [0.3, 0.4) is 0 Å². The molecule has 1 aliphatic rings. The van der Waals surface area contributed by atoms with Crippen LogP contribution in [0, 0.1) is 0 Å². The SMILES string of the molecule is C[C@H](OC(=O)c1ccc(Cl)s1)C(=O)N1CCNC1=O. The van der Waals surface area contributed by atoms with E-state index in [1.165, 1.54) is 13.0 Å². The molecule has 0 radical (unpaired) electrons. The van der Waals surface area contributed by atoms with Crippen molar-refractivity contribution < 1.29 is 19.1 Å². The van der Waals surface area contributed by atoms with Crippen LogP contribution in [0.4, 0.5) is 4.79 Å². The number of urea groups is 1. The van der Waals surface area contributed by atoms with Gasteiger partial charge in [0, 0.05) is 13.1 Å². The fourth-order valence-corrected chi connectivity index (χ4v) is 2.52. The van der Waals surface area contributed by atoms with Gasteiger partial charge >= 0.3 is 12.0 Å². The Bertz CT molecular complexity index is 531. The normalized spacial score (nSPS) is 16.1. The van der Waals surface area contributed by atoms with Crippen molar-refractivity contribution in [1.82, 2.24) is 10.2 Å². The Morgan fingerprint density at radius 2 is 2.26 bits per heavy atom. The number of thiophene rings is 1. The summed E-state index contributed by atoms with van der Waals surface area (Å²) >= 11 is 6.78. The second kappa shape index (κ2) is 5.58. The molecule has 0 aliphatic carbocycles. The van der Waals surface area contributed by atoms with Crippen LogP contribution in [-0.2, 0) is 9.53 Å². The monoisotopic (exact) mass is 302 g/mol. The molecule has 2 heterocycles. The van der Waals surface area contributed by atoms with Crippen molar-refractivity contribution in [1.29, 1.82) is 0 Å². The molecule has 19 heavy (non-hydrogen) atoms. The Labute approximate surface area is 118 Å². The molecule has 1 aliphatic heterocycles. The number of esters is 1. The lowest BCUT2D eigenvalue weighted by Crippen LogP contribution is -2.41. The van der Waals surface area contributed by atoms with Crippen LogP contribution in [-0.4, -0.2) is 42.0 Å². The third kappa shape index (κ3) is 3.05. The number of halogens is 1. The summed E-state index contributed by atoms with van der Waals surface area (Å²) in [5.74, 6) is -1.16. The van der Waals surface area contributed by atoms with Crippen LogP contribution < -0.4 is 5.32 Å². The van der Waals surface area contributed by atoms with Crippen LogP contribution in [0.2, 0.25) is 4.34 Å². The number of nitrogens with one attached hydrogen (secondary N) is 1. The number of amides is 3. The first kappa shape index (κ1) is 13.8. The van der Waals surface area contributed by atoms with E-state index in [9.17, 15) is 14.4 Å². The van der Waals surface area contributed by atoms with Crippen molar-refractivity contribution in [3.05, 3.63) is 21.3 Å². The van der Waals surface area contributed by atoms with E-state index < -0.39 is 24.0 Å². The molecule has 1 aromatic rings. The molecule has 2 rings (SSSR count). The van der Waals surface area contributed by atoms with Crippen molar-refractivity contribution in [2.75, 3.05) is 13.1 Å². The topological polar surface area (TPSA) is 75.7 Å². The lowest BCUT2D eigenvalue weighted by molar-refractivity contribution is -0.135. The Hall–Kier alpha value is -1.60. The van der Waals surface area contributed by atoms with Crippen molar-refractivity contribution in [3.63, 3.8) is 0 Å². The zero-order chi connectivity index (χ0) is 14.0. The van der Waals surface area contributed by atoms with Gasteiger partial charge in [-0.3, -0.25) is 9.69 Å². The van der Waals surface area contributed by atoms with Crippen LogP contribution in [0.5, 0.6) is 0 Å². The van der Waals surface area contributed by atoms with Crippen LogP contribution in [0.15, 0.2) is 12.1 Å². The third-order valence-corrected chi connectivity index (χ3v) is 3.74. The molecule has 0 unspecified atom stereocenters. The van der Waals surface area contributed by atoms with Gasteiger partial charge in [0.05, 0.1) is 4.34 Å². The van der Waals surface area contributed by atoms with Gasteiger partial charge in [0.25, 0.3) is 5.91 Å². The minimum Gasteiger partial charge on any atom is -0.448 e. The summed E-state index contributed by atoms with van der Waals surface area (Å²) < 4.78 is 5.48. The predicted octanol–water partition coefficient (Wildman–Crippen LogP) is 1.50. The number of hydrogen-bond acceptors (Lipinski definition) is 5. The van der Waals surface area contributed by atoms with E-state index in [1.54, 1.807) is 6.07 Å². The Kier molecular flexibility index (Phi) is 4.06. The number of carbonyl (C=O) groups is 3. The van der Waals surface area contributed by atoms with Crippen molar-refractivity contribution in [2.24, 2.45) is 0 Å². The maximum absolute atomic E-state index is 11.9. The molecule has 1 atom stereocenters. The molecule has 0 bridgehead atoms. The van der Waals surface area contributed by atoms with Gasteiger partial charge in [-0.2, -0.15) is 0 Å². The fraction of sp³-hybridized carbons (Fsp3) is 0.364. The lowest BCUT2D eigenvalue weighted by Gasteiger charge is -2.17. The Morgan fingerprint density at radius 1 is 1.53 bits per heavy atom. The first-order chi connectivity index (χ1) is 8.99. The van der Waals surface area contributed by atoms with Crippen molar-refractivity contribution in [3.8, 4) is 0 Å². The molecule has 1 N–H and O–H groups in total. The van der Waals surface area contributed by atoms with Gasteiger partial charge in [0.15, 0.2) is 6.10 Å². The highest BCUT2D eigenvalue weighted by atomic mass is 35.5. The molecule has 1 fully saturated rings. The van der Waals surface area contributed by atoms with Crippen molar-refractivity contribution in [2.45, 2.75) is 13.0 Å². The molecule has 1 aromatic heterocycles. The standard InChI is InChI=1S/C11H11ClN2O4S/c1-6(9(15)14-5-4-13-11(14)17)18-10(16)7-2-3-8(12)19-7/h2-3,6H,4-5H2,1H3,(H,13,17)/t6-/m0/s1. The highest BCUT2D eigenvalue weighted by molar-refractivity contribution is 7.17. The molecule has 6 nitrogen and oxygen atoms in total. The summed E-state index contributed by atoms with van der Waals surface area (Å²) in [6.45, 7) is 2.12. The highest BCUT2D eigenvalue weighted by Crippen LogP contribution is 2.22. The molecular formula is C11H11ClN2O4S. The van der Waals surface area contributed by atoms with Gasteiger partial charge in [-0.1, -0.05) is 11.6 Å². The first-order valence-corrected chi connectivity index (χ1v) is 6.74. The van der Waals surface area contributed by atoms with Gasteiger partial charge in [0.1, 0.15) is 4.88 Å². The Balaban J connectivity index is 1.97. The molecule has 1 saturated heterocycles. The minimum absolute atomic E-state index is 0.282. The third-order valence-electron chi connectivity index (χ3n) is 2.53. The summed E-state index contributed by atoms with van der Waals surface area (Å²) in [5, 5.41) is 2.50. The van der Waals surface area contributed by atoms with Gasteiger partial charge in [-0.25, -0.2) is 9.59 Å². The molecule has 102 valence electrons. The Morgan fingerprint density at radius 3 is 2.79 bits per heavy atom. The summed E-state index contributed by atoms with van der Waals surface area (Å²) in [7, 11) is 0. The predicted molar refractivity (Wildman–Crippen MR) is 69.3 cm³/mol. The van der Waals surface area contributed by atoms with E-state index in [1.807, 2.05) is 0 Å². The van der Waals surface area contributed by atoms with E-state index in [2.05, 4.69) is 5.32 Å². The highest BCUT2D eigenvalue weighted by Gasteiger charge is 2.31. The summed E-state index contributed by atoms with van der Waals surface area (Å²) in [5.41, 5.74) is 0. The zero-order valence-corrected chi connectivity index (χ0v) is 11.6. The second-order valence-corrected chi connectivity index (χ2v) is 5.59. The summed E-state index contributed by atoms with van der Waals surface area (Å²) in [6, 6.07) is 2.63. The lowest BCUT2D eigenvalue weighted by atomic mass is 10.3. The number of rotatable bonds is 3. The van der Waals surface area contributed by atoms with E-state index >= 15 is 0 Å². The maximum atomic E-state index is 11.9. The number of imide groups is 1. The number of hydrogen-bond donors (Lipinski definition) is 1. The molecule has 0 aromatic carbocycles. The summed E-state index contributed by atoms with van der Waals surface area (Å²) in [4.78, 5) is 36.3. The molecule has 0 saturated carbocycles. The summed E-state index contributed by atoms with van der Waals surface area (Å²) in [6.07, 6.45) is -1.02. The molecule has 8 heteroatoms. The van der Waals surface area contributed by atoms with Crippen molar-refractivity contribution >= 4 is 40.8 Å². The first-order valence-electron chi connectivity index (χ1n) is 5.54. The van der Waals surface area contributed by atoms with E-state index in [0.29, 0.717) is 15.8 Å². The van der Waals surface area contributed by atoms with Gasteiger partial charge in [-0.05, 0) is 19.1 Å². The van der Waals surface area contributed by atoms with E-state index in [4.69, 9.17) is 16.3 Å². The smallest absolute Gasteiger partial charge is 0.349 e. The van der Waals surface area contributed by atoms with Gasteiger partial charge in [0.2, 0.25) is 0 Å². The van der Waals surface area contributed by atoms with Crippen LogP contribution in [0.25, 0.3) is 0 Å². The number of ether oxygens (including phenoxy) is 1. The average Bonchev–Trinajstić information content (AvgIpc) is 2.97. The quantitative estimate of drug-likeness (QED) is 0.859. The van der Waals surface area contributed by atoms with E-state index in [-0.39, 0.29) is 6.54 Å². The van der Waals surface area contributed by atoms with E-state index in [0.717, 1.165) is 16.2 Å².